The molecule has 0 amide bonds. The van der Waals surface area contributed by atoms with Crippen molar-refractivity contribution in [2.45, 2.75) is 33.6 Å². The van der Waals surface area contributed by atoms with Gasteiger partial charge in [0.05, 0.1) is 11.2 Å². The van der Waals surface area contributed by atoms with E-state index in [2.05, 4.69) is 42.5 Å². The van der Waals surface area contributed by atoms with E-state index in [0.29, 0.717) is 0 Å². The molecule has 0 spiro atoms. The van der Waals surface area contributed by atoms with Crippen LogP contribution in [0.15, 0.2) is 18.2 Å². The number of hydrazine groups is 1. The van der Waals surface area contributed by atoms with Crippen molar-refractivity contribution in [1.29, 1.82) is 0 Å². The van der Waals surface area contributed by atoms with E-state index in [4.69, 9.17) is 5.84 Å². The van der Waals surface area contributed by atoms with Crippen molar-refractivity contribution in [3.63, 3.8) is 0 Å². The number of rotatable bonds is 3. The maximum atomic E-state index is 5.67. The molecule has 0 bridgehead atoms. The quantitative estimate of drug-likeness (QED) is 0.628. The second-order valence-corrected chi connectivity index (χ2v) is 4.25. The Kier molecular flexibility index (Phi) is 3.29. The largest absolute Gasteiger partial charge is 0.323 e. The molecule has 2 rings (SSSR count). The zero-order valence-electron chi connectivity index (χ0n) is 10.7. The highest BCUT2D eigenvalue weighted by Gasteiger charge is 2.10. The van der Waals surface area contributed by atoms with E-state index < -0.39 is 0 Å². The molecule has 90 valence electrons. The minimum absolute atomic E-state index is 0.935. The Labute approximate surface area is 102 Å². The smallest absolute Gasteiger partial charge is 0.0726 e. The minimum atomic E-state index is 0.935. The van der Waals surface area contributed by atoms with E-state index in [1.54, 1.807) is 0 Å². The second-order valence-electron chi connectivity index (χ2n) is 4.25. The molecular weight excluding hydrogens is 210 g/mol. The molecule has 1 aromatic carbocycles. The number of anilines is 1. The van der Waals surface area contributed by atoms with Crippen LogP contribution in [0.5, 0.6) is 0 Å². The van der Waals surface area contributed by atoms with Gasteiger partial charge in [-0.15, -0.1) is 0 Å². The SMILES string of the molecule is CCc1ccc2nc(C)c(CC)c(NN)c2c1. The maximum Gasteiger partial charge on any atom is 0.0726 e. The van der Waals surface area contributed by atoms with Crippen molar-refractivity contribution >= 4 is 16.6 Å². The number of aryl methyl sites for hydroxylation is 2. The third-order valence-electron chi connectivity index (χ3n) is 3.26. The standard InChI is InChI=1S/C14H19N3/c1-4-10-6-7-13-12(8-10)14(17-15)11(5-2)9(3)16-13/h6-8H,4-5,15H2,1-3H3,(H,16,17). The predicted molar refractivity (Wildman–Crippen MR) is 73.0 cm³/mol. The number of hydrogen-bond acceptors (Lipinski definition) is 3. The van der Waals surface area contributed by atoms with Gasteiger partial charge in [-0.1, -0.05) is 19.9 Å². The number of nitrogen functional groups attached to an aromatic ring is 1. The fraction of sp³-hybridized carbons (Fsp3) is 0.357. The van der Waals surface area contributed by atoms with Crippen LogP contribution in [0.4, 0.5) is 5.69 Å². The van der Waals surface area contributed by atoms with Gasteiger partial charge in [0.15, 0.2) is 0 Å². The van der Waals surface area contributed by atoms with E-state index in [-0.39, 0.29) is 0 Å². The summed E-state index contributed by atoms with van der Waals surface area (Å²) in [5, 5.41) is 1.12. The van der Waals surface area contributed by atoms with E-state index >= 15 is 0 Å². The van der Waals surface area contributed by atoms with Crippen LogP contribution in [0.3, 0.4) is 0 Å². The van der Waals surface area contributed by atoms with Crippen LogP contribution in [0, 0.1) is 6.92 Å². The summed E-state index contributed by atoms with van der Waals surface area (Å²) in [6.45, 7) is 6.31. The molecule has 0 aliphatic heterocycles. The van der Waals surface area contributed by atoms with Crippen LogP contribution in [0.2, 0.25) is 0 Å². The molecular formula is C14H19N3. The summed E-state index contributed by atoms with van der Waals surface area (Å²) in [6, 6.07) is 6.37. The van der Waals surface area contributed by atoms with Crippen molar-refractivity contribution in [3.8, 4) is 0 Å². The Balaban J connectivity index is 2.80. The molecule has 17 heavy (non-hydrogen) atoms. The highest BCUT2D eigenvalue weighted by atomic mass is 15.2. The van der Waals surface area contributed by atoms with E-state index in [9.17, 15) is 0 Å². The highest BCUT2D eigenvalue weighted by Crippen LogP contribution is 2.29. The van der Waals surface area contributed by atoms with Gasteiger partial charge in [0, 0.05) is 11.1 Å². The molecule has 0 aliphatic carbocycles. The highest BCUT2D eigenvalue weighted by molar-refractivity contribution is 5.93. The third-order valence-corrected chi connectivity index (χ3v) is 3.26. The molecule has 1 heterocycles. The minimum Gasteiger partial charge on any atom is -0.323 e. The second kappa shape index (κ2) is 4.72. The first-order chi connectivity index (χ1) is 8.21. The number of fused-ring (bicyclic) bond motifs is 1. The average Bonchev–Trinajstić information content (AvgIpc) is 2.36. The van der Waals surface area contributed by atoms with Gasteiger partial charge in [-0.05, 0) is 43.0 Å². The van der Waals surface area contributed by atoms with Crippen molar-refractivity contribution < 1.29 is 0 Å². The number of nitrogens with zero attached hydrogens (tertiary/aromatic N) is 1. The maximum absolute atomic E-state index is 5.67. The van der Waals surface area contributed by atoms with Gasteiger partial charge in [0.2, 0.25) is 0 Å². The summed E-state index contributed by atoms with van der Waals surface area (Å²) in [7, 11) is 0. The fourth-order valence-electron chi connectivity index (χ4n) is 2.29. The first kappa shape index (κ1) is 11.9. The molecule has 2 aromatic rings. The summed E-state index contributed by atoms with van der Waals surface area (Å²) in [4.78, 5) is 4.63. The first-order valence-electron chi connectivity index (χ1n) is 6.10. The van der Waals surface area contributed by atoms with Crippen molar-refractivity contribution in [2.75, 3.05) is 5.43 Å². The lowest BCUT2D eigenvalue weighted by Crippen LogP contribution is -2.11. The molecule has 1 aromatic heterocycles. The molecule has 3 nitrogen and oxygen atoms in total. The lowest BCUT2D eigenvalue weighted by molar-refractivity contribution is 1.06. The monoisotopic (exact) mass is 229 g/mol. The van der Waals surface area contributed by atoms with Crippen LogP contribution >= 0.6 is 0 Å². The molecule has 3 heteroatoms. The van der Waals surface area contributed by atoms with Crippen molar-refractivity contribution in [1.82, 2.24) is 4.98 Å². The predicted octanol–water partition coefficient (Wildman–Crippen LogP) is 2.95. The molecule has 0 fully saturated rings. The molecule has 3 N–H and O–H groups in total. The van der Waals surface area contributed by atoms with Crippen LogP contribution in [0.25, 0.3) is 10.9 Å². The van der Waals surface area contributed by atoms with Gasteiger partial charge in [-0.25, -0.2) is 0 Å². The van der Waals surface area contributed by atoms with Gasteiger partial charge < -0.3 is 5.43 Å². The van der Waals surface area contributed by atoms with Gasteiger partial charge in [-0.3, -0.25) is 10.8 Å². The first-order valence-corrected chi connectivity index (χ1v) is 6.10. The van der Waals surface area contributed by atoms with Gasteiger partial charge in [0.1, 0.15) is 0 Å². The zero-order valence-corrected chi connectivity index (χ0v) is 10.7. The van der Waals surface area contributed by atoms with Crippen LogP contribution < -0.4 is 11.3 Å². The number of hydrogen-bond donors (Lipinski definition) is 2. The van der Waals surface area contributed by atoms with Crippen LogP contribution in [0.1, 0.15) is 30.7 Å². The molecule has 0 unspecified atom stereocenters. The summed E-state index contributed by atoms with van der Waals surface area (Å²) >= 11 is 0. The molecule has 0 radical (unpaired) electrons. The summed E-state index contributed by atoms with van der Waals surface area (Å²) in [5.74, 6) is 5.67. The summed E-state index contributed by atoms with van der Waals surface area (Å²) in [6.07, 6.45) is 1.96. The fourth-order valence-corrected chi connectivity index (χ4v) is 2.29. The normalized spacial score (nSPS) is 10.8. The van der Waals surface area contributed by atoms with Gasteiger partial charge >= 0.3 is 0 Å². The van der Waals surface area contributed by atoms with Crippen molar-refractivity contribution in [3.05, 3.63) is 35.0 Å². The Hall–Kier alpha value is -1.61. The Bertz CT molecular complexity index is 547. The lowest BCUT2D eigenvalue weighted by Gasteiger charge is -2.14. The average molecular weight is 229 g/mol. The number of pyridine rings is 1. The topological polar surface area (TPSA) is 50.9 Å². The van der Waals surface area contributed by atoms with E-state index in [0.717, 1.165) is 35.1 Å². The van der Waals surface area contributed by atoms with Crippen LogP contribution in [-0.2, 0) is 12.8 Å². The zero-order chi connectivity index (χ0) is 12.4. The Morgan fingerprint density at radius 3 is 2.59 bits per heavy atom. The Morgan fingerprint density at radius 1 is 1.24 bits per heavy atom. The molecule has 0 aliphatic rings. The number of nitrogens with two attached hydrogens (primary N) is 1. The molecule has 0 atom stereocenters. The lowest BCUT2D eigenvalue weighted by atomic mass is 10.0. The van der Waals surface area contributed by atoms with Crippen molar-refractivity contribution in [2.24, 2.45) is 5.84 Å². The van der Waals surface area contributed by atoms with E-state index in [1.165, 1.54) is 11.1 Å². The van der Waals surface area contributed by atoms with Gasteiger partial charge in [-0.2, -0.15) is 0 Å². The number of aromatic nitrogens is 1. The van der Waals surface area contributed by atoms with Gasteiger partial charge in [0.25, 0.3) is 0 Å². The molecule has 0 saturated carbocycles. The summed E-state index contributed by atoms with van der Waals surface area (Å²) < 4.78 is 0. The van der Waals surface area contributed by atoms with Crippen LogP contribution in [-0.4, -0.2) is 4.98 Å². The number of nitrogens with one attached hydrogen (secondary N) is 1. The Morgan fingerprint density at radius 2 is 2.00 bits per heavy atom. The molecule has 0 saturated heterocycles. The summed E-state index contributed by atoms with van der Waals surface area (Å²) in [5.41, 5.74) is 8.43. The number of benzene rings is 1. The third kappa shape index (κ3) is 1.98. The van der Waals surface area contributed by atoms with E-state index in [1.807, 2.05) is 6.92 Å².